The van der Waals surface area contributed by atoms with Gasteiger partial charge < -0.3 is 4.74 Å². The highest BCUT2D eigenvalue weighted by atomic mass is 79.9. The lowest BCUT2D eigenvalue weighted by molar-refractivity contribution is -0.387. The summed E-state index contributed by atoms with van der Waals surface area (Å²) in [6.07, 6.45) is 0. The van der Waals surface area contributed by atoms with Crippen LogP contribution < -0.4 is 4.74 Å². The van der Waals surface area contributed by atoms with E-state index in [1.165, 1.54) is 17.8 Å². The molecular weight excluding hydrogens is 342 g/mol. The normalized spacial score (nSPS) is 10.2. The third-order valence-corrected chi connectivity index (χ3v) is 3.99. The minimum atomic E-state index is -0.364. The number of hydrogen-bond donors (Lipinski definition) is 0. The lowest BCUT2D eigenvalue weighted by atomic mass is 10.3. The molecule has 0 amide bonds. The van der Waals surface area contributed by atoms with Crippen molar-refractivity contribution >= 4 is 33.4 Å². The van der Waals surface area contributed by atoms with Crippen molar-refractivity contribution < 1.29 is 9.66 Å². The third-order valence-electron chi connectivity index (χ3n) is 2.47. The summed E-state index contributed by atoms with van der Waals surface area (Å²) in [5.74, 6) is 1.43. The third kappa shape index (κ3) is 4.25. The van der Waals surface area contributed by atoms with Crippen molar-refractivity contribution in [2.75, 3.05) is 12.4 Å². The number of para-hydroxylation sites is 1. The van der Waals surface area contributed by atoms with Crippen LogP contribution in [0.3, 0.4) is 0 Å². The Bertz CT molecular complexity index is 606. The van der Waals surface area contributed by atoms with E-state index in [1.807, 2.05) is 24.3 Å². The number of benzene rings is 2. The van der Waals surface area contributed by atoms with Crippen molar-refractivity contribution in [3.63, 3.8) is 0 Å². The molecule has 0 saturated heterocycles. The van der Waals surface area contributed by atoms with Gasteiger partial charge in [-0.15, -0.1) is 11.8 Å². The summed E-state index contributed by atoms with van der Waals surface area (Å²) in [6.45, 7) is 0.493. The maximum absolute atomic E-state index is 10.9. The number of nitro groups is 1. The molecule has 2 aromatic carbocycles. The van der Waals surface area contributed by atoms with Crippen LogP contribution in [0.1, 0.15) is 0 Å². The van der Waals surface area contributed by atoms with E-state index in [9.17, 15) is 10.1 Å². The molecule has 0 saturated carbocycles. The Morgan fingerprint density at radius 3 is 2.75 bits per heavy atom. The summed E-state index contributed by atoms with van der Waals surface area (Å²) in [5.41, 5.74) is 0.139. The Labute approximate surface area is 129 Å². The second-order valence-electron chi connectivity index (χ2n) is 3.88. The fourth-order valence-corrected chi connectivity index (χ4v) is 2.83. The van der Waals surface area contributed by atoms with Crippen LogP contribution in [0.5, 0.6) is 5.75 Å². The molecule has 0 spiro atoms. The van der Waals surface area contributed by atoms with Crippen molar-refractivity contribution in [3.05, 3.63) is 63.1 Å². The zero-order valence-electron chi connectivity index (χ0n) is 10.5. The first-order valence-electron chi connectivity index (χ1n) is 5.91. The summed E-state index contributed by atoms with van der Waals surface area (Å²) in [5, 5.41) is 10.9. The van der Waals surface area contributed by atoms with E-state index in [-0.39, 0.29) is 10.6 Å². The standard InChI is InChI=1S/C14H12BrNO3S/c15-11-4-3-5-12(10-11)19-8-9-20-14-7-2-1-6-13(14)16(17)18/h1-7,10H,8-9H2. The minimum absolute atomic E-state index is 0.139. The topological polar surface area (TPSA) is 52.4 Å². The van der Waals surface area contributed by atoms with Crippen LogP contribution >= 0.6 is 27.7 Å². The van der Waals surface area contributed by atoms with E-state index in [1.54, 1.807) is 18.2 Å². The predicted molar refractivity (Wildman–Crippen MR) is 83.5 cm³/mol. The van der Waals surface area contributed by atoms with E-state index >= 15 is 0 Å². The number of halogens is 1. The van der Waals surface area contributed by atoms with Crippen LogP contribution in [0, 0.1) is 10.1 Å². The second kappa shape index (κ2) is 7.31. The number of nitro benzene ring substituents is 1. The summed E-state index contributed by atoms with van der Waals surface area (Å²) < 4.78 is 6.55. The SMILES string of the molecule is O=[N+]([O-])c1ccccc1SCCOc1cccc(Br)c1. The Morgan fingerprint density at radius 1 is 1.20 bits per heavy atom. The van der Waals surface area contributed by atoms with Gasteiger partial charge in [-0.3, -0.25) is 10.1 Å². The lowest BCUT2D eigenvalue weighted by Crippen LogP contribution is -2.00. The van der Waals surface area contributed by atoms with Crippen molar-refractivity contribution in [2.24, 2.45) is 0 Å². The number of ether oxygens (including phenoxy) is 1. The summed E-state index contributed by atoms with van der Waals surface area (Å²) in [7, 11) is 0. The maximum atomic E-state index is 10.9. The van der Waals surface area contributed by atoms with E-state index in [4.69, 9.17) is 4.74 Å². The van der Waals surface area contributed by atoms with Crippen molar-refractivity contribution in [1.82, 2.24) is 0 Å². The van der Waals surface area contributed by atoms with Crippen LogP contribution in [0.2, 0.25) is 0 Å². The van der Waals surface area contributed by atoms with Crippen LogP contribution in [-0.4, -0.2) is 17.3 Å². The zero-order chi connectivity index (χ0) is 14.4. The Kier molecular flexibility index (Phi) is 5.43. The number of nitrogens with zero attached hydrogens (tertiary/aromatic N) is 1. The molecule has 0 unspecified atom stereocenters. The largest absolute Gasteiger partial charge is 0.493 e. The molecule has 0 atom stereocenters. The quantitative estimate of drug-likeness (QED) is 0.331. The monoisotopic (exact) mass is 353 g/mol. The first-order chi connectivity index (χ1) is 9.66. The van der Waals surface area contributed by atoms with E-state index < -0.39 is 0 Å². The summed E-state index contributed by atoms with van der Waals surface area (Å²) >= 11 is 4.79. The predicted octanol–water partition coefficient (Wildman–Crippen LogP) is 4.53. The molecule has 2 rings (SSSR count). The van der Waals surface area contributed by atoms with Crippen molar-refractivity contribution in [2.45, 2.75) is 4.90 Å². The van der Waals surface area contributed by atoms with Gasteiger partial charge >= 0.3 is 0 Å². The molecule has 104 valence electrons. The Morgan fingerprint density at radius 2 is 2.00 bits per heavy atom. The molecule has 0 fully saturated rings. The van der Waals surface area contributed by atoms with Gasteiger partial charge in [0.25, 0.3) is 5.69 Å². The van der Waals surface area contributed by atoms with Gasteiger partial charge in [-0.2, -0.15) is 0 Å². The minimum Gasteiger partial charge on any atom is -0.493 e. The molecule has 0 heterocycles. The van der Waals surface area contributed by atoms with Gasteiger partial charge in [0.2, 0.25) is 0 Å². The Balaban J connectivity index is 1.86. The van der Waals surface area contributed by atoms with Gasteiger partial charge in [0.15, 0.2) is 0 Å². The van der Waals surface area contributed by atoms with E-state index in [2.05, 4.69) is 15.9 Å². The number of rotatable bonds is 6. The molecular formula is C14H12BrNO3S. The molecule has 20 heavy (non-hydrogen) atoms. The summed E-state index contributed by atoms with van der Waals surface area (Å²) in [6, 6.07) is 14.3. The van der Waals surface area contributed by atoms with Crippen LogP contribution in [0.25, 0.3) is 0 Å². The van der Waals surface area contributed by atoms with Crippen LogP contribution in [0.15, 0.2) is 57.9 Å². The van der Waals surface area contributed by atoms with Gasteiger partial charge in [-0.1, -0.05) is 34.1 Å². The fourth-order valence-electron chi connectivity index (χ4n) is 1.60. The molecule has 2 aromatic rings. The highest BCUT2D eigenvalue weighted by molar-refractivity contribution is 9.10. The van der Waals surface area contributed by atoms with Crippen molar-refractivity contribution in [1.29, 1.82) is 0 Å². The van der Waals surface area contributed by atoms with Gasteiger partial charge in [0.1, 0.15) is 5.75 Å². The first-order valence-corrected chi connectivity index (χ1v) is 7.69. The summed E-state index contributed by atoms with van der Waals surface area (Å²) in [4.78, 5) is 11.2. The van der Waals surface area contributed by atoms with Gasteiger partial charge in [-0.05, 0) is 24.3 Å². The average Bonchev–Trinajstić information content (AvgIpc) is 2.44. The molecule has 0 aromatic heterocycles. The molecule has 0 aliphatic rings. The molecule has 6 heteroatoms. The van der Waals surface area contributed by atoms with Crippen molar-refractivity contribution in [3.8, 4) is 5.75 Å². The molecule has 0 radical (unpaired) electrons. The second-order valence-corrected chi connectivity index (χ2v) is 5.93. The first kappa shape index (κ1) is 14.9. The molecule has 0 aliphatic heterocycles. The van der Waals surface area contributed by atoms with Gasteiger partial charge in [0, 0.05) is 16.3 Å². The van der Waals surface area contributed by atoms with Crippen LogP contribution in [0.4, 0.5) is 5.69 Å². The zero-order valence-corrected chi connectivity index (χ0v) is 12.9. The lowest BCUT2D eigenvalue weighted by Gasteiger charge is -2.06. The molecule has 0 bridgehead atoms. The fraction of sp³-hybridized carbons (Fsp3) is 0.143. The Hall–Kier alpha value is -1.53. The molecule has 0 aliphatic carbocycles. The number of thioether (sulfide) groups is 1. The van der Waals surface area contributed by atoms with Crippen LogP contribution in [-0.2, 0) is 0 Å². The molecule has 4 nitrogen and oxygen atoms in total. The van der Waals surface area contributed by atoms with Gasteiger partial charge in [0.05, 0.1) is 16.4 Å². The average molecular weight is 354 g/mol. The van der Waals surface area contributed by atoms with Gasteiger partial charge in [-0.25, -0.2) is 0 Å². The van der Waals surface area contributed by atoms with E-state index in [0.29, 0.717) is 17.3 Å². The molecule has 0 N–H and O–H groups in total. The highest BCUT2D eigenvalue weighted by Gasteiger charge is 2.12. The highest BCUT2D eigenvalue weighted by Crippen LogP contribution is 2.28. The number of hydrogen-bond acceptors (Lipinski definition) is 4. The smallest absolute Gasteiger partial charge is 0.282 e. The maximum Gasteiger partial charge on any atom is 0.282 e. The van der Waals surface area contributed by atoms with E-state index in [0.717, 1.165) is 10.2 Å².